The van der Waals surface area contributed by atoms with E-state index in [1.165, 1.54) is 34.9 Å². The van der Waals surface area contributed by atoms with Crippen molar-refractivity contribution in [2.75, 3.05) is 37.8 Å². The van der Waals surface area contributed by atoms with Crippen LogP contribution in [0.1, 0.15) is 50.1 Å². The van der Waals surface area contributed by atoms with Crippen LogP contribution in [-0.2, 0) is 24.7 Å². The molecule has 2 N–H and O–H groups in total. The number of carbonyl (C=O) groups excluding carboxylic acids is 2. The molecule has 1 fully saturated rings. The van der Waals surface area contributed by atoms with Crippen molar-refractivity contribution < 1.29 is 14.0 Å². The summed E-state index contributed by atoms with van der Waals surface area (Å²) in [5.74, 6) is -0.593. The number of pyridine rings is 1. The number of hydrogen-bond donors (Lipinski definition) is 2. The fraction of sp³-hybridized carbons (Fsp3) is 0.344. The molecule has 1 aromatic carbocycles. The Morgan fingerprint density at radius 1 is 1.05 bits per heavy atom. The Balaban J connectivity index is 1.26. The number of carbonyl (C=O) groups is 2. The number of amides is 2. The minimum absolute atomic E-state index is 0.000837. The molecule has 0 radical (unpaired) electrons. The van der Waals surface area contributed by atoms with Gasteiger partial charge in [0.25, 0.3) is 11.5 Å². The highest BCUT2D eigenvalue weighted by molar-refractivity contribution is 7.14. The maximum absolute atomic E-state index is 16.0. The largest absolute Gasteiger partial charge is 0.343 e. The van der Waals surface area contributed by atoms with Gasteiger partial charge >= 0.3 is 0 Å². The van der Waals surface area contributed by atoms with Crippen LogP contribution < -0.4 is 16.2 Å². The van der Waals surface area contributed by atoms with Crippen molar-refractivity contribution >= 4 is 40.3 Å². The van der Waals surface area contributed by atoms with Crippen molar-refractivity contribution in [3.8, 4) is 11.3 Å². The number of aryl methyl sites for hydroxylation is 4. The second-order valence-corrected chi connectivity index (χ2v) is 12.6. The fourth-order valence-corrected chi connectivity index (χ4v) is 6.90. The highest BCUT2D eigenvalue weighted by Crippen LogP contribution is 2.33. The molecule has 1 atom stereocenters. The number of piperazine rings is 1. The lowest BCUT2D eigenvalue weighted by Gasteiger charge is -2.36. The number of fused-ring (bicyclic) bond motifs is 1. The van der Waals surface area contributed by atoms with Gasteiger partial charge in [0.1, 0.15) is 17.5 Å². The number of benzene rings is 1. The highest BCUT2D eigenvalue weighted by atomic mass is 32.1. The Bertz CT molecular complexity index is 1790. The van der Waals surface area contributed by atoms with Gasteiger partial charge in [-0.25, -0.2) is 14.1 Å². The third kappa shape index (κ3) is 5.62. The number of halogens is 1. The van der Waals surface area contributed by atoms with E-state index in [-0.39, 0.29) is 34.4 Å². The van der Waals surface area contributed by atoms with E-state index in [9.17, 15) is 14.4 Å². The number of thiophene rings is 1. The first-order chi connectivity index (χ1) is 21.1. The number of hydrogen-bond acceptors (Lipinski definition) is 8. The Kier molecular flexibility index (Phi) is 8.04. The molecule has 1 aliphatic carbocycles. The molecule has 1 saturated heterocycles. The van der Waals surface area contributed by atoms with Gasteiger partial charge in [-0.05, 0) is 80.6 Å². The van der Waals surface area contributed by atoms with Gasteiger partial charge in [-0.2, -0.15) is 5.10 Å². The lowest BCUT2D eigenvalue weighted by Crippen LogP contribution is -2.49. The molecular weight excluding hydrogens is 581 g/mol. The molecule has 0 spiro atoms. The van der Waals surface area contributed by atoms with Crippen molar-refractivity contribution in [3.05, 3.63) is 85.2 Å². The quantitative estimate of drug-likeness (QED) is 0.324. The average molecular weight is 616 g/mol. The number of aromatic nitrogens is 3. The van der Waals surface area contributed by atoms with Gasteiger partial charge in [0, 0.05) is 43.8 Å². The summed E-state index contributed by atoms with van der Waals surface area (Å²) in [5.41, 5.74) is 2.68. The van der Waals surface area contributed by atoms with E-state index in [2.05, 4.69) is 20.7 Å². The van der Waals surface area contributed by atoms with Gasteiger partial charge < -0.3 is 15.5 Å². The van der Waals surface area contributed by atoms with E-state index in [0.29, 0.717) is 22.8 Å². The minimum Gasteiger partial charge on any atom is -0.343 e. The second kappa shape index (κ2) is 11.9. The predicted octanol–water partition coefficient (Wildman–Crippen LogP) is 4.67. The van der Waals surface area contributed by atoms with Crippen molar-refractivity contribution in [3.63, 3.8) is 0 Å². The SMILES string of the molecule is Cc1ccc(-c2cc(Nc3ccc(C4C(=O)N(C)CCN4C)cn3)c(=O)n(C)n2)c(F)c1NC(=O)c1cc2c(s1)CCCC2. The molecule has 1 aliphatic heterocycles. The van der Waals surface area contributed by atoms with Crippen molar-refractivity contribution in [1.82, 2.24) is 24.6 Å². The molecule has 0 bridgehead atoms. The van der Waals surface area contributed by atoms with Gasteiger partial charge in [-0.3, -0.25) is 19.3 Å². The maximum atomic E-state index is 16.0. The molecule has 3 aromatic heterocycles. The van der Waals surface area contributed by atoms with E-state index in [1.54, 1.807) is 49.3 Å². The Morgan fingerprint density at radius 3 is 2.59 bits per heavy atom. The van der Waals surface area contributed by atoms with Crippen LogP contribution in [0.2, 0.25) is 0 Å². The topological polar surface area (TPSA) is 112 Å². The van der Waals surface area contributed by atoms with Gasteiger partial charge in [-0.15, -0.1) is 11.3 Å². The van der Waals surface area contributed by atoms with Crippen LogP contribution >= 0.6 is 11.3 Å². The van der Waals surface area contributed by atoms with Crippen molar-refractivity contribution in [1.29, 1.82) is 0 Å². The van der Waals surface area contributed by atoms with E-state index < -0.39 is 17.4 Å². The molecule has 4 heterocycles. The number of rotatable bonds is 6. The first-order valence-electron chi connectivity index (χ1n) is 14.6. The van der Waals surface area contributed by atoms with E-state index in [4.69, 9.17) is 0 Å². The fourth-order valence-electron chi connectivity index (χ4n) is 5.75. The van der Waals surface area contributed by atoms with Gasteiger partial charge in [0.2, 0.25) is 5.91 Å². The summed E-state index contributed by atoms with van der Waals surface area (Å²) in [5, 5.41) is 10.1. The Morgan fingerprint density at radius 2 is 1.84 bits per heavy atom. The third-order valence-electron chi connectivity index (χ3n) is 8.35. The molecule has 2 amide bonds. The summed E-state index contributed by atoms with van der Waals surface area (Å²) in [6.07, 6.45) is 5.78. The van der Waals surface area contributed by atoms with Gasteiger partial charge in [0.15, 0.2) is 5.82 Å². The molecule has 1 unspecified atom stereocenters. The van der Waals surface area contributed by atoms with Crippen LogP contribution in [0.15, 0.2) is 47.4 Å². The summed E-state index contributed by atoms with van der Waals surface area (Å²) in [6, 6.07) is 9.77. The summed E-state index contributed by atoms with van der Waals surface area (Å²) in [4.78, 5) is 48.8. The highest BCUT2D eigenvalue weighted by Gasteiger charge is 2.32. The van der Waals surface area contributed by atoms with Crippen LogP contribution in [-0.4, -0.2) is 63.6 Å². The molecule has 44 heavy (non-hydrogen) atoms. The first kappa shape index (κ1) is 29.6. The number of nitrogens with one attached hydrogen (secondary N) is 2. The number of likely N-dealkylation sites (N-methyl/N-ethyl adjacent to an activating group) is 2. The van der Waals surface area contributed by atoms with Crippen LogP contribution in [0.4, 0.5) is 21.6 Å². The zero-order chi connectivity index (χ0) is 31.1. The summed E-state index contributed by atoms with van der Waals surface area (Å²) in [6.45, 7) is 3.15. The predicted molar refractivity (Wildman–Crippen MR) is 169 cm³/mol. The molecule has 12 heteroatoms. The normalized spacial score (nSPS) is 17.0. The Hall–Kier alpha value is -4.42. The van der Waals surface area contributed by atoms with Crippen LogP contribution in [0.3, 0.4) is 0 Å². The lowest BCUT2D eigenvalue weighted by molar-refractivity contribution is -0.139. The molecular formula is C32H34FN7O3S. The molecule has 0 saturated carbocycles. The van der Waals surface area contributed by atoms with Crippen LogP contribution in [0, 0.1) is 12.7 Å². The summed E-state index contributed by atoms with van der Waals surface area (Å²) >= 11 is 1.47. The van der Waals surface area contributed by atoms with Gasteiger partial charge in [0.05, 0.1) is 16.3 Å². The number of nitrogens with zero attached hydrogens (tertiary/aromatic N) is 5. The molecule has 10 nitrogen and oxygen atoms in total. The van der Waals surface area contributed by atoms with Crippen LogP contribution in [0.25, 0.3) is 11.3 Å². The van der Waals surface area contributed by atoms with Gasteiger partial charge in [-0.1, -0.05) is 12.1 Å². The molecule has 2 aliphatic rings. The second-order valence-electron chi connectivity index (χ2n) is 11.5. The zero-order valence-corrected chi connectivity index (χ0v) is 25.9. The molecule has 228 valence electrons. The standard InChI is InChI=1S/C32H34FN7O3S/c1-18-9-11-21(27(33)28(18)36-30(41)25-15-19-7-5-6-8-24(19)44-25)22-16-23(31(42)40(4)37-22)35-26-12-10-20(17-34-26)29-32(43)39(3)14-13-38(29)2/h9-12,15-17,29H,5-8,13-14H2,1-4H3,(H,34,35)(H,36,41). The monoisotopic (exact) mass is 615 g/mol. The van der Waals surface area contributed by atoms with Crippen LogP contribution in [0.5, 0.6) is 0 Å². The summed E-state index contributed by atoms with van der Waals surface area (Å²) in [7, 11) is 5.17. The maximum Gasteiger partial charge on any atom is 0.290 e. The third-order valence-corrected chi connectivity index (χ3v) is 9.59. The zero-order valence-electron chi connectivity index (χ0n) is 25.1. The number of anilines is 3. The smallest absolute Gasteiger partial charge is 0.290 e. The average Bonchev–Trinajstić information content (AvgIpc) is 3.45. The van der Waals surface area contributed by atoms with E-state index >= 15 is 4.39 Å². The summed E-state index contributed by atoms with van der Waals surface area (Å²) < 4.78 is 17.1. The minimum atomic E-state index is -0.634. The molecule has 6 rings (SSSR count). The van der Waals surface area contributed by atoms with Crippen molar-refractivity contribution in [2.45, 2.75) is 38.6 Å². The Labute approximate surface area is 258 Å². The lowest BCUT2D eigenvalue weighted by atomic mass is 9.99. The first-order valence-corrected chi connectivity index (χ1v) is 15.4. The molecule has 4 aromatic rings. The van der Waals surface area contributed by atoms with E-state index in [1.807, 2.05) is 18.0 Å². The van der Waals surface area contributed by atoms with E-state index in [0.717, 1.165) is 42.5 Å². The van der Waals surface area contributed by atoms with Crippen molar-refractivity contribution in [2.24, 2.45) is 7.05 Å².